The van der Waals surface area contributed by atoms with Gasteiger partial charge in [0.15, 0.2) is 0 Å². The van der Waals surface area contributed by atoms with E-state index in [1.165, 1.54) is 0 Å². The number of fused-ring (bicyclic) bond motifs is 1. The molecule has 0 unspecified atom stereocenters. The van der Waals surface area contributed by atoms with Gasteiger partial charge in [0, 0.05) is 12.1 Å². The van der Waals surface area contributed by atoms with Crippen LogP contribution in [0.5, 0.6) is 0 Å². The van der Waals surface area contributed by atoms with Crippen molar-refractivity contribution in [3.63, 3.8) is 0 Å². The second-order valence-electron chi connectivity index (χ2n) is 5.11. The van der Waals surface area contributed by atoms with E-state index < -0.39 is 5.97 Å². The molecule has 4 nitrogen and oxygen atoms in total. The predicted octanol–water partition coefficient (Wildman–Crippen LogP) is 3.89. The van der Waals surface area contributed by atoms with Gasteiger partial charge in [-0.2, -0.15) is 0 Å². The van der Waals surface area contributed by atoms with Crippen molar-refractivity contribution in [1.82, 2.24) is 0 Å². The first-order chi connectivity index (χ1) is 11.1. The Hall–Kier alpha value is -2.62. The van der Waals surface area contributed by atoms with Gasteiger partial charge in [0.25, 0.3) is 0 Å². The molecule has 0 radical (unpaired) electrons. The van der Waals surface area contributed by atoms with Gasteiger partial charge in [-0.15, -0.1) is 0 Å². The number of aromatic carboxylic acids is 1. The largest absolute Gasteiger partial charge is 0.478 e. The van der Waals surface area contributed by atoms with Crippen LogP contribution in [0.15, 0.2) is 48.5 Å². The van der Waals surface area contributed by atoms with E-state index in [0.29, 0.717) is 19.4 Å². The van der Waals surface area contributed by atoms with Gasteiger partial charge >= 0.3 is 5.97 Å². The van der Waals surface area contributed by atoms with Crippen LogP contribution in [0.25, 0.3) is 0 Å². The van der Waals surface area contributed by atoms with Crippen LogP contribution >= 0.6 is 0 Å². The van der Waals surface area contributed by atoms with Crippen LogP contribution in [-0.2, 0) is 17.8 Å². The molecule has 0 saturated carbocycles. The monoisotopic (exact) mass is 311 g/mol. The predicted molar refractivity (Wildman–Crippen MR) is 90.7 cm³/mol. The summed E-state index contributed by atoms with van der Waals surface area (Å²) in [7, 11) is 0. The minimum absolute atomic E-state index is 0.0360. The second kappa shape index (κ2) is 7.58. The zero-order chi connectivity index (χ0) is 16.8. The Bertz CT molecular complexity index is 695. The highest BCUT2D eigenvalue weighted by molar-refractivity contribution is 5.98. The SMILES string of the molecule is CC.O=C(O)c1ccc2c(c1)N(Cc1ccccc1)C(=O)CC2. The number of rotatable bonds is 3. The summed E-state index contributed by atoms with van der Waals surface area (Å²) in [6.07, 6.45) is 1.13. The second-order valence-corrected chi connectivity index (χ2v) is 5.11. The quantitative estimate of drug-likeness (QED) is 0.935. The summed E-state index contributed by atoms with van der Waals surface area (Å²) >= 11 is 0. The Morgan fingerprint density at radius 1 is 1.09 bits per heavy atom. The summed E-state index contributed by atoms with van der Waals surface area (Å²) in [5, 5.41) is 9.12. The van der Waals surface area contributed by atoms with Crippen molar-refractivity contribution in [3.05, 3.63) is 65.2 Å². The van der Waals surface area contributed by atoms with Crippen LogP contribution in [0.3, 0.4) is 0 Å². The summed E-state index contributed by atoms with van der Waals surface area (Å²) in [5.41, 5.74) is 2.98. The molecule has 2 aromatic rings. The van der Waals surface area contributed by atoms with Crippen LogP contribution in [0, 0.1) is 0 Å². The van der Waals surface area contributed by atoms with Gasteiger partial charge in [-0.1, -0.05) is 50.2 Å². The van der Waals surface area contributed by atoms with Crippen LogP contribution in [0.4, 0.5) is 5.69 Å². The molecule has 0 saturated heterocycles. The zero-order valence-electron chi connectivity index (χ0n) is 13.5. The van der Waals surface area contributed by atoms with Gasteiger partial charge in [-0.05, 0) is 29.7 Å². The van der Waals surface area contributed by atoms with Gasteiger partial charge in [0.2, 0.25) is 5.91 Å². The Labute approximate surface area is 136 Å². The fourth-order valence-corrected chi connectivity index (χ4v) is 2.61. The number of anilines is 1. The summed E-state index contributed by atoms with van der Waals surface area (Å²) in [4.78, 5) is 25.0. The molecule has 120 valence electrons. The molecule has 3 rings (SSSR count). The molecule has 1 aliphatic rings. The number of carbonyl (C=O) groups is 2. The lowest BCUT2D eigenvalue weighted by Gasteiger charge is -2.29. The van der Waals surface area contributed by atoms with Crippen molar-refractivity contribution in [2.75, 3.05) is 4.90 Å². The normalized spacial score (nSPS) is 13.0. The molecule has 1 amide bonds. The number of nitrogens with zero attached hydrogens (tertiary/aromatic N) is 1. The number of amides is 1. The third-order valence-electron chi connectivity index (χ3n) is 3.72. The molecule has 1 aliphatic heterocycles. The van der Waals surface area contributed by atoms with Crippen molar-refractivity contribution in [1.29, 1.82) is 0 Å². The minimum Gasteiger partial charge on any atom is -0.478 e. The molecule has 0 atom stereocenters. The van der Waals surface area contributed by atoms with E-state index in [1.807, 2.05) is 50.2 Å². The Balaban J connectivity index is 0.000000924. The topological polar surface area (TPSA) is 57.6 Å². The van der Waals surface area contributed by atoms with E-state index in [0.717, 1.165) is 16.8 Å². The number of carboxylic acids is 1. The highest BCUT2D eigenvalue weighted by atomic mass is 16.4. The van der Waals surface area contributed by atoms with E-state index >= 15 is 0 Å². The fourth-order valence-electron chi connectivity index (χ4n) is 2.61. The third kappa shape index (κ3) is 3.77. The summed E-state index contributed by atoms with van der Waals surface area (Å²) in [6.45, 7) is 4.47. The first-order valence-corrected chi connectivity index (χ1v) is 7.85. The molecule has 4 heteroatoms. The Morgan fingerprint density at radius 3 is 2.43 bits per heavy atom. The standard InChI is InChI=1S/C17H15NO3.C2H6/c19-16-9-8-13-6-7-14(17(20)21)10-15(13)18(16)11-12-4-2-1-3-5-12;1-2/h1-7,10H,8-9,11H2,(H,20,21);1-2H3. The highest BCUT2D eigenvalue weighted by Crippen LogP contribution is 2.30. The van der Waals surface area contributed by atoms with Crippen molar-refractivity contribution in [2.24, 2.45) is 0 Å². The average molecular weight is 311 g/mol. The van der Waals surface area contributed by atoms with E-state index in [-0.39, 0.29) is 11.5 Å². The number of hydrogen-bond acceptors (Lipinski definition) is 2. The molecule has 0 aliphatic carbocycles. The minimum atomic E-state index is -0.976. The van der Waals surface area contributed by atoms with Gasteiger partial charge in [0.05, 0.1) is 12.1 Å². The third-order valence-corrected chi connectivity index (χ3v) is 3.72. The maximum atomic E-state index is 12.2. The van der Waals surface area contributed by atoms with Gasteiger partial charge < -0.3 is 10.0 Å². The molecular weight excluding hydrogens is 290 g/mol. The molecule has 1 heterocycles. The average Bonchev–Trinajstić information content (AvgIpc) is 2.59. The maximum absolute atomic E-state index is 12.2. The molecule has 2 aromatic carbocycles. The first kappa shape index (κ1) is 16.7. The van der Waals surface area contributed by atoms with Gasteiger partial charge in [-0.3, -0.25) is 4.79 Å². The van der Waals surface area contributed by atoms with Crippen LogP contribution in [-0.4, -0.2) is 17.0 Å². The van der Waals surface area contributed by atoms with E-state index in [1.54, 1.807) is 17.0 Å². The molecular formula is C19H21NO3. The Kier molecular flexibility index (Phi) is 5.52. The van der Waals surface area contributed by atoms with E-state index in [9.17, 15) is 9.59 Å². The van der Waals surface area contributed by atoms with E-state index in [2.05, 4.69) is 0 Å². The molecule has 23 heavy (non-hydrogen) atoms. The lowest BCUT2D eigenvalue weighted by molar-refractivity contribution is -0.119. The number of benzene rings is 2. The Morgan fingerprint density at radius 2 is 1.78 bits per heavy atom. The van der Waals surface area contributed by atoms with Crippen molar-refractivity contribution < 1.29 is 14.7 Å². The smallest absolute Gasteiger partial charge is 0.335 e. The van der Waals surface area contributed by atoms with Crippen LogP contribution < -0.4 is 4.90 Å². The summed E-state index contributed by atoms with van der Waals surface area (Å²) in [5.74, 6) is -0.940. The van der Waals surface area contributed by atoms with Crippen molar-refractivity contribution in [2.45, 2.75) is 33.2 Å². The van der Waals surface area contributed by atoms with Gasteiger partial charge in [-0.25, -0.2) is 4.79 Å². The highest BCUT2D eigenvalue weighted by Gasteiger charge is 2.25. The van der Waals surface area contributed by atoms with Crippen molar-refractivity contribution >= 4 is 17.6 Å². The fraction of sp³-hybridized carbons (Fsp3) is 0.263. The number of carboxylic acid groups (broad SMARTS) is 1. The summed E-state index contributed by atoms with van der Waals surface area (Å²) < 4.78 is 0. The number of hydrogen-bond donors (Lipinski definition) is 1. The van der Waals surface area contributed by atoms with Crippen LogP contribution in [0.2, 0.25) is 0 Å². The molecule has 1 N–H and O–H groups in total. The number of carbonyl (C=O) groups excluding carboxylic acids is 1. The van der Waals surface area contributed by atoms with Gasteiger partial charge in [0.1, 0.15) is 0 Å². The molecule has 0 aromatic heterocycles. The molecule has 0 fully saturated rings. The zero-order valence-corrected chi connectivity index (χ0v) is 13.5. The first-order valence-electron chi connectivity index (χ1n) is 7.85. The molecule has 0 bridgehead atoms. The summed E-state index contributed by atoms with van der Waals surface area (Å²) in [6, 6.07) is 14.7. The molecule has 0 spiro atoms. The number of aryl methyl sites for hydroxylation is 1. The maximum Gasteiger partial charge on any atom is 0.335 e. The lowest BCUT2D eigenvalue weighted by atomic mass is 9.98. The van der Waals surface area contributed by atoms with Crippen LogP contribution in [0.1, 0.15) is 41.8 Å². The van der Waals surface area contributed by atoms with Crippen molar-refractivity contribution in [3.8, 4) is 0 Å². The lowest BCUT2D eigenvalue weighted by Crippen LogP contribution is -2.34. The van der Waals surface area contributed by atoms with E-state index in [4.69, 9.17) is 5.11 Å².